The zero-order chi connectivity index (χ0) is 16.8. The zero-order valence-corrected chi connectivity index (χ0v) is 13.6. The van der Waals surface area contributed by atoms with Gasteiger partial charge in [-0.05, 0) is 17.0 Å². The maximum absolute atomic E-state index is 11.0. The Balaban J connectivity index is 1.72. The van der Waals surface area contributed by atoms with Gasteiger partial charge in [0.1, 0.15) is 5.75 Å². The molecule has 0 spiro atoms. The summed E-state index contributed by atoms with van der Waals surface area (Å²) in [6.07, 6.45) is 0.676. The molecule has 3 aromatic carbocycles. The molecule has 0 aliphatic heterocycles. The van der Waals surface area contributed by atoms with Crippen molar-refractivity contribution in [2.75, 3.05) is 13.7 Å². The van der Waals surface area contributed by atoms with Crippen LogP contribution in [0.2, 0.25) is 0 Å². The molecular formula is C20H20N2O2. The first-order valence-corrected chi connectivity index (χ1v) is 8.01. The van der Waals surface area contributed by atoms with Gasteiger partial charge in [0.15, 0.2) is 0 Å². The summed E-state index contributed by atoms with van der Waals surface area (Å²) >= 11 is 0. The van der Waals surface area contributed by atoms with Gasteiger partial charge in [0, 0.05) is 18.9 Å². The summed E-state index contributed by atoms with van der Waals surface area (Å²) in [4.78, 5) is 11.0. The number of fused-ring (bicyclic) bond motifs is 1. The van der Waals surface area contributed by atoms with E-state index in [2.05, 4.69) is 23.5 Å². The first kappa shape index (κ1) is 16.0. The van der Waals surface area contributed by atoms with Crippen molar-refractivity contribution in [3.8, 4) is 5.75 Å². The van der Waals surface area contributed by atoms with E-state index in [0.717, 1.165) is 22.1 Å². The van der Waals surface area contributed by atoms with Gasteiger partial charge in [-0.3, -0.25) is 5.01 Å². The molecule has 3 aromatic rings. The highest BCUT2D eigenvalue weighted by Gasteiger charge is 2.17. The van der Waals surface area contributed by atoms with Crippen molar-refractivity contribution < 1.29 is 4.74 Å². The molecule has 4 nitrogen and oxygen atoms in total. The van der Waals surface area contributed by atoms with Crippen LogP contribution in [0.15, 0.2) is 78.1 Å². The third-order valence-corrected chi connectivity index (χ3v) is 4.16. The summed E-state index contributed by atoms with van der Waals surface area (Å²) in [5.41, 5.74) is 1.06. The van der Waals surface area contributed by atoms with Crippen LogP contribution in [0.25, 0.3) is 10.8 Å². The molecule has 0 N–H and O–H groups in total. The van der Waals surface area contributed by atoms with Crippen LogP contribution in [0, 0.1) is 4.91 Å². The molecule has 0 aliphatic carbocycles. The average molecular weight is 320 g/mol. The van der Waals surface area contributed by atoms with Crippen molar-refractivity contribution in [1.82, 2.24) is 5.01 Å². The molecule has 0 bridgehead atoms. The van der Waals surface area contributed by atoms with E-state index in [1.54, 1.807) is 7.05 Å². The van der Waals surface area contributed by atoms with Crippen LogP contribution in [0.4, 0.5) is 0 Å². The van der Waals surface area contributed by atoms with Crippen molar-refractivity contribution >= 4 is 10.8 Å². The first-order valence-electron chi connectivity index (χ1n) is 8.01. The Morgan fingerprint density at radius 3 is 2.46 bits per heavy atom. The van der Waals surface area contributed by atoms with E-state index in [9.17, 15) is 4.91 Å². The van der Waals surface area contributed by atoms with E-state index in [0.29, 0.717) is 13.0 Å². The van der Waals surface area contributed by atoms with E-state index in [1.165, 1.54) is 5.01 Å². The summed E-state index contributed by atoms with van der Waals surface area (Å²) in [6, 6.07) is 24.0. The number of nitrogens with zero attached hydrogens (tertiary/aromatic N) is 2. The molecule has 0 saturated heterocycles. The van der Waals surface area contributed by atoms with Crippen molar-refractivity contribution in [2.45, 2.75) is 12.5 Å². The van der Waals surface area contributed by atoms with Crippen LogP contribution in [0.3, 0.4) is 0 Å². The number of hydrogen-bond donors (Lipinski definition) is 0. The minimum atomic E-state index is -0.0984. The molecule has 0 saturated carbocycles. The molecule has 1 unspecified atom stereocenters. The molecule has 24 heavy (non-hydrogen) atoms. The Labute approximate surface area is 141 Å². The van der Waals surface area contributed by atoms with E-state index in [1.807, 2.05) is 54.6 Å². The highest BCUT2D eigenvalue weighted by atomic mass is 16.5. The van der Waals surface area contributed by atoms with Crippen molar-refractivity contribution in [3.63, 3.8) is 0 Å². The molecule has 1 atom stereocenters. The van der Waals surface area contributed by atoms with Crippen molar-refractivity contribution in [1.29, 1.82) is 0 Å². The average Bonchev–Trinajstić information content (AvgIpc) is 2.65. The van der Waals surface area contributed by atoms with Gasteiger partial charge in [0.05, 0.1) is 17.9 Å². The fraction of sp³-hybridized carbons (Fsp3) is 0.200. The van der Waals surface area contributed by atoms with Crippen LogP contribution in [-0.2, 0) is 0 Å². The fourth-order valence-corrected chi connectivity index (χ4v) is 2.90. The van der Waals surface area contributed by atoms with Gasteiger partial charge >= 0.3 is 0 Å². The molecule has 122 valence electrons. The molecule has 0 fully saturated rings. The normalized spacial score (nSPS) is 11.9. The van der Waals surface area contributed by atoms with Gasteiger partial charge < -0.3 is 4.74 Å². The van der Waals surface area contributed by atoms with Crippen molar-refractivity contribution in [2.24, 2.45) is 5.29 Å². The van der Waals surface area contributed by atoms with Crippen LogP contribution in [0.1, 0.15) is 18.0 Å². The predicted molar refractivity (Wildman–Crippen MR) is 96.8 cm³/mol. The van der Waals surface area contributed by atoms with Gasteiger partial charge in [-0.25, -0.2) is 0 Å². The smallest absolute Gasteiger partial charge is 0.127 e. The first-order chi connectivity index (χ1) is 11.8. The molecular weight excluding hydrogens is 300 g/mol. The van der Waals surface area contributed by atoms with E-state index in [4.69, 9.17) is 4.74 Å². The van der Waals surface area contributed by atoms with Gasteiger partial charge in [0.25, 0.3) is 0 Å². The van der Waals surface area contributed by atoms with Crippen LogP contribution < -0.4 is 4.74 Å². The number of rotatable bonds is 7. The van der Waals surface area contributed by atoms with Crippen molar-refractivity contribution in [3.05, 3.63) is 83.3 Å². The van der Waals surface area contributed by atoms with Gasteiger partial charge in [-0.1, -0.05) is 66.7 Å². The predicted octanol–water partition coefficient (Wildman–Crippen LogP) is 4.96. The van der Waals surface area contributed by atoms with Gasteiger partial charge in [0.2, 0.25) is 0 Å². The van der Waals surface area contributed by atoms with Gasteiger partial charge in [-0.15, -0.1) is 4.91 Å². The van der Waals surface area contributed by atoms with E-state index >= 15 is 0 Å². The summed E-state index contributed by atoms with van der Waals surface area (Å²) in [5, 5.41) is 6.76. The lowest BCUT2D eigenvalue weighted by Gasteiger charge is -2.23. The lowest BCUT2D eigenvalue weighted by atomic mass is 10.0. The lowest BCUT2D eigenvalue weighted by molar-refractivity contribution is 0.199. The van der Waals surface area contributed by atoms with E-state index < -0.39 is 0 Å². The Hall–Kier alpha value is -2.88. The minimum Gasteiger partial charge on any atom is -0.493 e. The Bertz CT molecular complexity index is 800. The summed E-state index contributed by atoms with van der Waals surface area (Å²) in [5.74, 6) is 0.863. The number of hydrogen-bond acceptors (Lipinski definition) is 3. The maximum atomic E-state index is 11.0. The SMILES string of the molecule is CN(N=O)C(CCOc1cccc2ccccc12)c1ccccc1. The molecule has 0 amide bonds. The molecule has 0 heterocycles. The summed E-state index contributed by atoms with van der Waals surface area (Å²) in [7, 11) is 1.70. The lowest BCUT2D eigenvalue weighted by Crippen LogP contribution is -2.21. The maximum Gasteiger partial charge on any atom is 0.127 e. The zero-order valence-electron chi connectivity index (χ0n) is 13.6. The minimum absolute atomic E-state index is 0.0984. The standard InChI is InChI=1S/C20H20N2O2/c1-22(21-23)19(17-9-3-2-4-10-17)14-15-24-20-13-7-11-16-8-5-6-12-18(16)20/h2-13,19H,14-15H2,1H3. The third kappa shape index (κ3) is 3.54. The third-order valence-electron chi connectivity index (χ3n) is 4.16. The quantitative estimate of drug-likeness (QED) is 0.456. The second-order valence-corrected chi connectivity index (χ2v) is 5.70. The summed E-state index contributed by atoms with van der Waals surface area (Å²) in [6.45, 7) is 0.507. The number of nitroso groups, excluding NO2 is 1. The Morgan fingerprint density at radius 2 is 1.67 bits per heavy atom. The highest BCUT2D eigenvalue weighted by molar-refractivity contribution is 5.88. The van der Waals surface area contributed by atoms with Crippen LogP contribution in [-0.4, -0.2) is 18.7 Å². The summed E-state index contributed by atoms with van der Waals surface area (Å²) < 4.78 is 6.00. The van der Waals surface area contributed by atoms with Gasteiger partial charge in [-0.2, -0.15) is 0 Å². The molecule has 3 rings (SSSR count). The number of benzene rings is 3. The fourth-order valence-electron chi connectivity index (χ4n) is 2.90. The Kier molecular flexibility index (Phi) is 5.06. The van der Waals surface area contributed by atoms with E-state index in [-0.39, 0.29) is 6.04 Å². The largest absolute Gasteiger partial charge is 0.493 e. The highest BCUT2D eigenvalue weighted by Crippen LogP contribution is 2.27. The topological polar surface area (TPSA) is 41.9 Å². The molecule has 4 heteroatoms. The monoisotopic (exact) mass is 320 g/mol. The van der Waals surface area contributed by atoms with Crippen LogP contribution in [0.5, 0.6) is 5.75 Å². The Morgan fingerprint density at radius 1 is 0.958 bits per heavy atom. The van der Waals surface area contributed by atoms with Crippen LogP contribution >= 0.6 is 0 Å². The molecule has 0 radical (unpaired) electrons. The molecule has 0 aliphatic rings. The second kappa shape index (κ2) is 7.59. The molecule has 0 aromatic heterocycles. The number of ether oxygens (including phenoxy) is 1. The second-order valence-electron chi connectivity index (χ2n) is 5.70.